The number of rotatable bonds is 10. The van der Waals surface area contributed by atoms with Crippen molar-refractivity contribution in [2.45, 2.75) is 47.5 Å². The SMILES string of the molecule is CCN(CC)c1ccc(C(c2ccc(C(=O)O)cc2)c2ccc(N(CC)CC)cc2C)c(C)c1. The fraction of sp³-hybridized carbons (Fsp3) is 0.367. The van der Waals surface area contributed by atoms with Gasteiger partial charge in [0.15, 0.2) is 0 Å². The molecule has 0 unspecified atom stereocenters. The van der Waals surface area contributed by atoms with Crippen LogP contribution in [-0.4, -0.2) is 37.3 Å². The zero-order valence-corrected chi connectivity index (χ0v) is 21.4. The first-order valence-electron chi connectivity index (χ1n) is 12.4. The maximum absolute atomic E-state index is 11.4. The summed E-state index contributed by atoms with van der Waals surface area (Å²) in [5, 5.41) is 9.39. The summed E-state index contributed by atoms with van der Waals surface area (Å²) in [6, 6.07) is 20.8. The standard InChI is InChI=1S/C30H38N2O2/c1-7-31(8-2)25-15-17-27(21(5)19-25)29(23-11-13-24(14-12-23)30(33)34)28-18-16-26(20-22(28)6)32(9-3)10-4/h11-20,29H,7-10H2,1-6H3,(H,33,34). The van der Waals surface area contributed by atoms with Crippen LogP contribution < -0.4 is 9.80 Å². The molecular formula is C30H38N2O2. The molecule has 0 heterocycles. The second kappa shape index (κ2) is 11.2. The van der Waals surface area contributed by atoms with Crippen molar-refractivity contribution in [1.29, 1.82) is 0 Å². The van der Waals surface area contributed by atoms with Crippen LogP contribution in [0.25, 0.3) is 0 Å². The van der Waals surface area contributed by atoms with Gasteiger partial charge in [-0.15, -0.1) is 0 Å². The molecule has 0 aromatic heterocycles. The number of hydrogen-bond donors (Lipinski definition) is 1. The van der Waals surface area contributed by atoms with Crippen LogP contribution >= 0.6 is 0 Å². The fourth-order valence-corrected chi connectivity index (χ4v) is 4.88. The lowest BCUT2D eigenvalue weighted by molar-refractivity contribution is 0.0697. The van der Waals surface area contributed by atoms with E-state index < -0.39 is 5.97 Å². The van der Waals surface area contributed by atoms with Gasteiger partial charge in [0, 0.05) is 43.5 Å². The summed E-state index contributed by atoms with van der Waals surface area (Å²) in [5.41, 5.74) is 8.86. The number of carboxylic acids is 1. The van der Waals surface area contributed by atoms with Gasteiger partial charge < -0.3 is 14.9 Å². The van der Waals surface area contributed by atoms with Gasteiger partial charge in [-0.05, 0) is 106 Å². The molecule has 0 saturated carbocycles. The second-order valence-electron chi connectivity index (χ2n) is 8.79. The maximum atomic E-state index is 11.4. The Morgan fingerprint density at radius 3 is 1.44 bits per heavy atom. The molecule has 0 radical (unpaired) electrons. The first-order chi connectivity index (χ1) is 16.3. The molecule has 3 aromatic rings. The summed E-state index contributed by atoms with van der Waals surface area (Å²) in [4.78, 5) is 16.2. The molecule has 0 spiro atoms. The average molecular weight is 459 g/mol. The van der Waals surface area contributed by atoms with Crippen LogP contribution in [0.3, 0.4) is 0 Å². The van der Waals surface area contributed by atoms with Gasteiger partial charge in [0.25, 0.3) is 0 Å². The average Bonchev–Trinajstić information content (AvgIpc) is 2.83. The highest BCUT2D eigenvalue weighted by Crippen LogP contribution is 2.38. The van der Waals surface area contributed by atoms with Crippen LogP contribution in [0.5, 0.6) is 0 Å². The highest BCUT2D eigenvalue weighted by molar-refractivity contribution is 5.87. The topological polar surface area (TPSA) is 43.8 Å². The van der Waals surface area contributed by atoms with Gasteiger partial charge in [-0.1, -0.05) is 24.3 Å². The monoisotopic (exact) mass is 458 g/mol. The van der Waals surface area contributed by atoms with Crippen LogP contribution in [0.4, 0.5) is 11.4 Å². The molecule has 34 heavy (non-hydrogen) atoms. The Hall–Kier alpha value is -3.27. The molecule has 0 amide bonds. The lowest BCUT2D eigenvalue weighted by Crippen LogP contribution is -2.22. The van der Waals surface area contributed by atoms with Crippen molar-refractivity contribution in [3.8, 4) is 0 Å². The third kappa shape index (κ3) is 5.27. The lowest BCUT2D eigenvalue weighted by atomic mass is 9.81. The molecule has 180 valence electrons. The Kier molecular flexibility index (Phi) is 8.38. The number of aryl methyl sites for hydroxylation is 2. The highest BCUT2D eigenvalue weighted by atomic mass is 16.4. The van der Waals surface area contributed by atoms with E-state index in [0.717, 1.165) is 31.7 Å². The minimum absolute atomic E-state index is 0.0272. The van der Waals surface area contributed by atoms with E-state index in [0.29, 0.717) is 5.56 Å². The minimum Gasteiger partial charge on any atom is -0.478 e. The van der Waals surface area contributed by atoms with E-state index in [9.17, 15) is 9.90 Å². The molecule has 4 nitrogen and oxygen atoms in total. The summed E-state index contributed by atoms with van der Waals surface area (Å²) in [6.07, 6.45) is 0. The van der Waals surface area contributed by atoms with E-state index in [1.165, 1.54) is 33.6 Å². The number of carboxylic acid groups (broad SMARTS) is 1. The molecule has 0 saturated heterocycles. The van der Waals surface area contributed by atoms with E-state index >= 15 is 0 Å². The molecule has 0 bridgehead atoms. The molecule has 0 aliphatic heterocycles. The van der Waals surface area contributed by atoms with E-state index in [1.807, 2.05) is 12.1 Å². The molecule has 0 atom stereocenters. The predicted octanol–water partition coefficient (Wildman–Crippen LogP) is 6.87. The van der Waals surface area contributed by atoms with Gasteiger partial charge in [-0.3, -0.25) is 0 Å². The smallest absolute Gasteiger partial charge is 0.335 e. The second-order valence-corrected chi connectivity index (χ2v) is 8.79. The summed E-state index contributed by atoms with van der Waals surface area (Å²) in [7, 11) is 0. The Bertz CT molecular complexity index is 1050. The molecule has 0 aliphatic rings. The Morgan fingerprint density at radius 2 is 1.12 bits per heavy atom. The van der Waals surface area contributed by atoms with Crippen molar-refractivity contribution < 1.29 is 9.90 Å². The highest BCUT2D eigenvalue weighted by Gasteiger charge is 2.22. The van der Waals surface area contributed by atoms with E-state index in [-0.39, 0.29) is 5.92 Å². The van der Waals surface area contributed by atoms with Crippen LogP contribution in [0.2, 0.25) is 0 Å². The van der Waals surface area contributed by atoms with Crippen molar-refractivity contribution >= 4 is 17.3 Å². The predicted molar refractivity (Wildman–Crippen MR) is 144 cm³/mol. The third-order valence-electron chi connectivity index (χ3n) is 6.88. The van der Waals surface area contributed by atoms with Gasteiger partial charge in [-0.2, -0.15) is 0 Å². The summed E-state index contributed by atoms with van der Waals surface area (Å²) >= 11 is 0. The van der Waals surface area contributed by atoms with Crippen molar-refractivity contribution in [2.24, 2.45) is 0 Å². The number of anilines is 2. The first-order valence-corrected chi connectivity index (χ1v) is 12.4. The molecule has 1 N–H and O–H groups in total. The summed E-state index contributed by atoms with van der Waals surface area (Å²) in [5.74, 6) is -0.873. The van der Waals surface area contributed by atoms with E-state index in [1.54, 1.807) is 12.1 Å². The molecular weight excluding hydrogens is 420 g/mol. The quantitative estimate of drug-likeness (QED) is 0.337. The van der Waals surface area contributed by atoms with E-state index in [4.69, 9.17) is 0 Å². The molecule has 4 heteroatoms. The number of hydrogen-bond acceptors (Lipinski definition) is 3. The molecule has 3 rings (SSSR count). The normalized spacial score (nSPS) is 11.0. The number of aromatic carboxylic acids is 1. The van der Waals surface area contributed by atoms with Crippen molar-refractivity contribution in [1.82, 2.24) is 0 Å². The van der Waals surface area contributed by atoms with Crippen molar-refractivity contribution in [3.63, 3.8) is 0 Å². The minimum atomic E-state index is -0.900. The van der Waals surface area contributed by atoms with Gasteiger partial charge in [0.05, 0.1) is 5.56 Å². The number of benzene rings is 3. The van der Waals surface area contributed by atoms with E-state index in [2.05, 4.69) is 87.7 Å². The molecule has 0 aliphatic carbocycles. The Morgan fingerprint density at radius 1 is 0.706 bits per heavy atom. The zero-order valence-electron chi connectivity index (χ0n) is 21.4. The first kappa shape index (κ1) is 25.4. The third-order valence-corrected chi connectivity index (χ3v) is 6.88. The fourth-order valence-electron chi connectivity index (χ4n) is 4.88. The van der Waals surface area contributed by atoms with Crippen molar-refractivity contribution in [2.75, 3.05) is 36.0 Å². The zero-order chi connectivity index (χ0) is 24.8. The van der Waals surface area contributed by atoms with Crippen LogP contribution in [0.1, 0.15) is 71.8 Å². The van der Waals surface area contributed by atoms with Gasteiger partial charge >= 0.3 is 5.97 Å². The number of carbonyl (C=O) groups is 1. The Labute approximate surface area is 204 Å². The Balaban J connectivity index is 2.15. The number of nitrogens with zero attached hydrogens (tertiary/aromatic N) is 2. The van der Waals surface area contributed by atoms with Gasteiger partial charge in [0.2, 0.25) is 0 Å². The van der Waals surface area contributed by atoms with Crippen LogP contribution in [-0.2, 0) is 0 Å². The van der Waals surface area contributed by atoms with Gasteiger partial charge in [0.1, 0.15) is 0 Å². The van der Waals surface area contributed by atoms with Crippen molar-refractivity contribution in [3.05, 3.63) is 94.0 Å². The molecule has 0 fully saturated rings. The largest absolute Gasteiger partial charge is 0.478 e. The molecule has 3 aromatic carbocycles. The maximum Gasteiger partial charge on any atom is 0.335 e. The lowest BCUT2D eigenvalue weighted by Gasteiger charge is -2.27. The van der Waals surface area contributed by atoms with Gasteiger partial charge in [-0.25, -0.2) is 4.79 Å². The van der Waals surface area contributed by atoms with Crippen LogP contribution in [0, 0.1) is 13.8 Å². The summed E-state index contributed by atoms with van der Waals surface area (Å²) < 4.78 is 0. The summed E-state index contributed by atoms with van der Waals surface area (Å²) in [6.45, 7) is 17.0. The van der Waals surface area contributed by atoms with Crippen LogP contribution in [0.15, 0.2) is 60.7 Å².